The highest BCUT2D eigenvalue weighted by atomic mass is 16.7. The number of primary amides is 1. The van der Waals surface area contributed by atoms with E-state index in [1.54, 1.807) is 42.5 Å². The van der Waals surface area contributed by atoms with Gasteiger partial charge in [0.05, 0.1) is 18.0 Å². The van der Waals surface area contributed by atoms with Crippen LogP contribution in [0.2, 0.25) is 0 Å². The molecule has 80 heavy (non-hydrogen) atoms. The molecule has 2 unspecified atom stereocenters. The van der Waals surface area contributed by atoms with Gasteiger partial charge in [0, 0.05) is 107 Å². The Morgan fingerprint density at radius 3 is 2.33 bits per heavy atom. The number of para-hydroxylation sites is 1. The lowest BCUT2D eigenvalue weighted by Gasteiger charge is -2.43. The van der Waals surface area contributed by atoms with E-state index in [-0.39, 0.29) is 75.7 Å². The molecule has 5 heterocycles. The molecule has 430 valence electrons. The van der Waals surface area contributed by atoms with Crippen LogP contribution in [0.5, 0.6) is 11.6 Å². The molecule has 2 aromatic carbocycles. The molecule has 4 atom stereocenters. The molecule has 24 heteroatoms. The van der Waals surface area contributed by atoms with Crippen LogP contribution in [0.15, 0.2) is 72.9 Å². The topological polar surface area (TPSA) is 295 Å². The van der Waals surface area contributed by atoms with Gasteiger partial charge >= 0.3 is 24.2 Å². The minimum atomic E-state index is -1.58. The van der Waals surface area contributed by atoms with Crippen molar-refractivity contribution in [3.05, 3.63) is 78.5 Å². The quantitative estimate of drug-likeness (QED) is 0.0299. The second-order valence-electron chi connectivity index (χ2n) is 21.6. The number of urea groups is 1. The zero-order valence-electron chi connectivity index (χ0n) is 46.1. The number of benzene rings is 2. The summed E-state index contributed by atoms with van der Waals surface area (Å²) in [4.78, 5) is 89.3. The number of nitrogens with two attached hydrogens (primary N) is 1. The number of aliphatic carboxylic acids is 1. The maximum atomic E-state index is 13.6. The van der Waals surface area contributed by atoms with Crippen molar-refractivity contribution < 1.29 is 57.6 Å². The van der Waals surface area contributed by atoms with Crippen molar-refractivity contribution in [1.29, 1.82) is 0 Å². The summed E-state index contributed by atoms with van der Waals surface area (Å²) in [6.45, 7) is 12.1. The lowest BCUT2D eigenvalue weighted by Crippen LogP contribution is -2.55. The molecule has 0 radical (unpaired) electrons. The van der Waals surface area contributed by atoms with E-state index in [1.165, 1.54) is 0 Å². The monoisotopic (exact) mass is 1110 g/mol. The molecule has 3 aliphatic heterocycles. The first-order chi connectivity index (χ1) is 38.4. The Bertz CT molecular complexity index is 2820. The van der Waals surface area contributed by atoms with E-state index in [2.05, 4.69) is 58.1 Å². The molecule has 2 aromatic heterocycles. The van der Waals surface area contributed by atoms with Crippen LogP contribution in [0.1, 0.15) is 78.2 Å². The molecule has 24 nitrogen and oxygen atoms in total. The third-order valence-electron chi connectivity index (χ3n) is 14.9. The van der Waals surface area contributed by atoms with Crippen molar-refractivity contribution in [3.63, 3.8) is 0 Å². The molecule has 1 aliphatic carbocycles. The average molecular weight is 1110 g/mol. The van der Waals surface area contributed by atoms with Crippen LogP contribution in [-0.2, 0) is 35.0 Å². The third kappa shape index (κ3) is 14.8. The maximum absolute atomic E-state index is 13.6. The van der Waals surface area contributed by atoms with Crippen molar-refractivity contribution in [2.45, 2.75) is 109 Å². The summed E-state index contributed by atoms with van der Waals surface area (Å²) in [5, 5.41) is 29.6. The van der Waals surface area contributed by atoms with E-state index >= 15 is 0 Å². The first kappa shape index (κ1) is 58.2. The summed E-state index contributed by atoms with van der Waals surface area (Å²) in [5.74, 6) is -1.20. The van der Waals surface area contributed by atoms with Gasteiger partial charge in [-0.25, -0.2) is 19.4 Å². The fourth-order valence-electron chi connectivity index (χ4n) is 10.5. The van der Waals surface area contributed by atoms with Crippen molar-refractivity contribution in [1.82, 2.24) is 35.6 Å². The number of carbonyl (C=O) groups excluding carboxylic acids is 5. The Hall–Kier alpha value is -7.99. The second kappa shape index (κ2) is 26.3. The lowest BCUT2D eigenvalue weighted by atomic mass is 9.68. The molecule has 1 saturated carbocycles. The maximum Gasteiger partial charge on any atom is 0.412 e. The summed E-state index contributed by atoms with van der Waals surface area (Å²) in [6, 6.07) is 18.8. The Balaban J connectivity index is 0.884. The standard InChI is InChI=1S/C56H74N12O12/c1-36-32-66(54(75)80-55(2,3)4)26-25-65(36)27-29-77-47-30-39(19-24-58-47)68-40-17-18-41(68)34-67(33-40)45-31-44(42-10-6-7-12-46(42)79-35-76-5)63-64-48(45)62-53(74)78-28-20-37-13-15-38(16-14-37)60-49(69)43(11-8-23-59-52(57)73)61-50(70)56(51(71)72)21-9-22-56/h6-7,10,12-16,19,24,30-31,36,40-41,43H,8-9,11,17-18,20-23,25-29,32-35H2,1-5H3,(H,60,69)(H,61,70)(H,71,72)(H3,57,59,73)(H,62,64,74)/t36-,40?,41?,43+/m1/s1. The molecule has 8 rings (SSSR count). The molecule has 6 amide bonds. The predicted molar refractivity (Wildman–Crippen MR) is 296 cm³/mol. The first-order valence-corrected chi connectivity index (χ1v) is 27.2. The SMILES string of the molecule is COCOc1ccccc1-c1cc(N2CC3CCC(C2)N3c2ccnc(OCCN3CCN(C(=O)OC(C)(C)C)C[C@H]3C)c2)c(NC(=O)OCCc2ccc(NC(=O)[C@H](CCCNC(N)=O)NC(=O)C3(C(=O)O)CCC3)cc2)nn1. The number of ether oxygens (including phenoxy) is 5. The van der Waals surface area contributed by atoms with Crippen LogP contribution in [0.3, 0.4) is 0 Å². The summed E-state index contributed by atoms with van der Waals surface area (Å²) in [7, 11) is 1.55. The molecule has 3 saturated heterocycles. The number of amides is 6. The highest BCUT2D eigenvalue weighted by Crippen LogP contribution is 2.42. The number of methoxy groups -OCH3 is 1. The van der Waals surface area contributed by atoms with Gasteiger partial charge in [-0.2, -0.15) is 0 Å². The number of fused-ring (bicyclic) bond motifs is 2. The summed E-state index contributed by atoms with van der Waals surface area (Å²) >= 11 is 0. The number of hydrogen-bond donors (Lipinski definition) is 6. The van der Waals surface area contributed by atoms with E-state index in [9.17, 15) is 33.9 Å². The molecular weight excluding hydrogens is 1030 g/mol. The van der Waals surface area contributed by atoms with Crippen LogP contribution in [0.25, 0.3) is 11.3 Å². The number of carbonyl (C=O) groups is 6. The molecule has 7 N–H and O–H groups in total. The van der Waals surface area contributed by atoms with Gasteiger partial charge < -0.3 is 65.2 Å². The number of carboxylic acids is 1. The average Bonchev–Trinajstić information content (AvgIpc) is 3.68. The van der Waals surface area contributed by atoms with Gasteiger partial charge in [0.2, 0.25) is 17.7 Å². The fourth-order valence-corrected chi connectivity index (χ4v) is 10.5. The van der Waals surface area contributed by atoms with Gasteiger partial charge in [0.15, 0.2) is 12.6 Å². The van der Waals surface area contributed by atoms with Crippen LogP contribution in [0.4, 0.5) is 37.3 Å². The van der Waals surface area contributed by atoms with Gasteiger partial charge in [0.1, 0.15) is 29.4 Å². The van der Waals surface area contributed by atoms with Crippen LogP contribution < -0.4 is 46.3 Å². The van der Waals surface area contributed by atoms with Crippen molar-refractivity contribution >= 4 is 58.9 Å². The minimum absolute atomic E-state index is 0.00773. The third-order valence-corrected chi connectivity index (χ3v) is 14.9. The number of nitrogens with one attached hydrogen (secondary N) is 4. The zero-order chi connectivity index (χ0) is 57.0. The number of aromatic nitrogens is 3. The van der Waals surface area contributed by atoms with Crippen molar-refractivity contribution in [2.24, 2.45) is 11.1 Å². The van der Waals surface area contributed by atoms with E-state index < -0.39 is 47.0 Å². The van der Waals surface area contributed by atoms with Crippen LogP contribution >= 0.6 is 0 Å². The molecule has 2 bridgehead atoms. The Morgan fingerprint density at radius 1 is 0.900 bits per heavy atom. The van der Waals surface area contributed by atoms with E-state index in [0.717, 1.165) is 24.1 Å². The lowest BCUT2D eigenvalue weighted by molar-refractivity contribution is -0.162. The van der Waals surface area contributed by atoms with Crippen LogP contribution in [0, 0.1) is 5.41 Å². The van der Waals surface area contributed by atoms with Gasteiger partial charge in [-0.1, -0.05) is 30.7 Å². The summed E-state index contributed by atoms with van der Waals surface area (Å²) in [6.07, 6.45) is 4.32. The number of anilines is 4. The second-order valence-corrected chi connectivity index (χ2v) is 21.6. The summed E-state index contributed by atoms with van der Waals surface area (Å²) < 4.78 is 28.6. The molecule has 4 aromatic rings. The normalized spacial score (nSPS) is 19.0. The summed E-state index contributed by atoms with van der Waals surface area (Å²) in [5.41, 5.74) is 7.17. The first-order valence-electron chi connectivity index (χ1n) is 27.2. The van der Waals surface area contributed by atoms with Gasteiger partial charge in [-0.3, -0.25) is 24.6 Å². The number of pyridine rings is 1. The van der Waals surface area contributed by atoms with E-state index in [1.807, 2.05) is 63.2 Å². The highest BCUT2D eigenvalue weighted by Gasteiger charge is 2.52. The molecule has 4 aliphatic rings. The smallest absolute Gasteiger partial charge is 0.412 e. The minimum Gasteiger partial charge on any atom is -0.480 e. The highest BCUT2D eigenvalue weighted by molar-refractivity contribution is 6.05. The number of rotatable bonds is 23. The van der Waals surface area contributed by atoms with Gasteiger partial charge in [0.25, 0.3) is 0 Å². The fraction of sp³-hybridized carbons (Fsp3) is 0.518. The molecule has 4 fully saturated rings. The molecule has 0 spiro atoms. The van der Waals surface area contributed by atoms with Crippen LogP contribution in [-0.4, -0.2) is 169 Å². The van der Waals surface area contributed by atoms with E-state index in [4.69, 9.17) is 29.4 Å². The largest absolute Gasteiger partial charge is 0.480 e. The Labute approximate surface area is 465 Å². The predicted octanol–water partition coefficient (Wildman–Crippen LogP) is 5.62. The van der Waals surface area contributed by atoms with E-state index in [0.29, 0.717) is 93.0 Å². The number of hydrogen-bond acceptors (Lipinski definition) is 17. The van der Waals surface area contributed by atoms with Crippen molar-refractivity contribution in [3.8, 4) is 22.9 Å². The Morgan fingerprint density at radius 2 is 1.65 bits per heavy atom. The zero-order valence-corrected chi connectivity index (χ0v) is 46.1. The number of piperazine rings is 2. The Kier molecular flexibility index (Phi) is 19.1. The molecular formula is C56H74N12O12. The van der Waals surface area contributed by atoms with Crippen molar-refractivity contribution in [2.75, 3.05) is 93.4 Å². The van der Waals surface area contributed by atoms with Gasteiger partial charge in [-0.05, 0) is 108 Å². The van der Waals surface area contributed by atoms with Gasteiger partial charge in [-0.15, -0.1) is 10.2 Å². The number of carboxylic acid groups (broad SMARTS) is 1. The number of nitrogens with zero attached hydrogens (tertiary/aromatic N) is 7.